The molecule has 0 aliphatic carbocycles. The highest BCUT2D eigenvalue weighted by Crippen LogP contribution is 2.19. The molecule has 94 valence electrons. The molecule has 0 amide bonds. The summed E-state index contributed by atoms with van der Waals surface area (Å²) in [6, 6.07) is 16.7. The van der Waals surface area contributed by atoms with Gasteiger partial charge in [-0.2, -0.15) is 5.10 Å². The Bertz CT molecular complexity index is 674. The predicted molar refractivity (Wildman–Crippen MR) is 73.2 cm³/mol. The molecule has 0 atom stereocenters. The number of rotatable bonds is 3. The molecule has 0 saturated heterocycles. The zero-order valence-corrected chi connectivity index (χ0v) is 10.3. The lowest BCUT2D eigenvalue weighted by Gasteiger charge is -2.01. The maximum atomic E-state index is 13.2. The predicted octanol–water partition coefficient (Wildman–Crippen LogP) is 3.74. The Kier molecular flexibility index (Phi) is 3.11. The number of nitrogens with zero attached hydrogens (tertiary/aromatic N) is 2. The second kappa shape index (κ2) is 5.06. The molecule has 2 aromatic carbocycles. The van der Waals surface area contributed by atoms with Crippen molar-refractivity contribution < 1.29 is 4.39 Å². The first-order chi connectivity index (χ1) is 9.31. The highest BCUT2D eigenvalue weighted by molar-refractivity contribution is 5.61. The fraction of sp³-hybridized carbons (Fsp3) is 0.0625. The lowest BCUT2D eigenvalue weighted by molar-refractivity contribution is 0.628. The van der Waals surface area contributed by atoms with Gasteiger partial charge in [0, 0.05) is 11.8 Å². The van der Waals surface area contributed by atoms with E-state index >= 15 is 0 Å². The smallest absolute Gasteiger partial charge is 0.123 e. The molecule has 1 aromatic heterocycles. The molecule has 0 aliphatic rings. The van der Waals surface area contributed by atoms with Gasteiger partial charge in [0.15, 0.2) is 0 Å². The summed E-state index contributed by atoms with van der Waals surface area (Å²) in [6.07, 6.45) is 3.69. The Labute approximate surface area is 111 Å². The summed E-state index contributed by atoms with van der Waals surface area (Å²) in [5.41, 5.74) is 2.96. The Balaban J connectivity index is 1.84. The molecule has 3 heteroatoms. The third-order valence-electron chi connectivity index (χ3n) is 2.98. The zero-order chi connectivity index (χ0) is 13.1. The van der Waals surface area contributed by atoms with Gasteiger partial charge in [-0.3, -0.25) is 4.68 Å². The first-order valence-corrected chi connectivity index (χ1v) is 6.13. The van der Waals surface area contributed by atoms with Crippen molar-refractivity contribution in [3.63, 3.8) is 0 Å². The van der Waals surface area contributed by atoms with E-state index in [1.165, 1.54) is 17.7 Å². The first-order valence-electron chi connectivity index (χ1n) is 6.13. The fourth-order valence-corrected chi connectivity index (χ4v) is 2.04. The molecule has 2 nitrogen and oxygen atoms in total. The number of aromatic nitrogens is 2. The summed E-state index contributed by atoms with van der Waals surface area (Å²) in [4.78, 5) is 0. The Morgan fingerprint density at radius 2 is 1.79 bits per heavy atom. The minimum absolute atomic E-state index is 0.228. The lowest BCUT2D eigenvalue weighted by atomic mass is 10.1. The summed E-state index contributed by atoms with van der Waals surface area (Å²) in [6.45, 7) is 0.718. The van der Waals surface area contributed by atoms with Gasteiger partial charge in [0.25, 0.3) is 0 Å². The van der Waals surface area contributed by atoms with Gasteiger partial charge in [-0.15, -0.1) is 0 Å². The Hall–Kier alpha value is -2.42. The van der Waals surface area contributed by atoms with Gasteiger partial charge >= 0.3 is 0 Å². The van der Waals surface area contributed by atoms with E-state index in [1.54, 1.807) is 12.3 Å². The maximum absolute atomic E-state index is 13.2. The van der Waals surface area contributed by atoms with E-state index in [0.29, 0.717) is 0 Å². The van der Waals surface area contributed by atoms with Crippen molar-refractivity contribution >= 4 is 0 Å². The van der Waals surface area contributed by atoms with Crippen molar-refractivity contribution in [2.75, 3.05) is 0 Å². The van der Waals surface area contributed by atoms with Gasteiger partial charge in [0.05, 0.1) is 12.7 Å². The van der Waals surface area contributed by atoms with Crippen LogP contribution in [-0.2, 0) is 6.54 Å². The second-order valence-corrected chi connectivity index (χ2v) is 4.42. The minimum Gasteiger partial charge on any atom is -0.268 e. The van der Waals surface area contributed by atoms with Crippen LogP contribution in [0.25, 0.3) is 11.1 Å². The second-order valence-electron chi connectivity index (χ2n) is 4.42. The van der Waals surface area contributed by atoms with Crippen molar-refractivity contribution in [3.05, 3.63) is 78.4 Å². The standard InChI is InChI=1S/C16H13FN2/c17-16-8-4-7-14(9-16)15-10-18-19(12-15)11-13-5-2-1-3-6-13/h1-10,12H,11H2. The molecule has 1 heterocycles. The van der Waals surface area contributed by atoms with E-state index < -0.39 is 0 Å². The number of halogens is 1. The molecule has 0 bridgehead atoms. The summed E-state index contributed by atoms with van der Waals surface area (Å²) >= 11 is 0. The van der Waals surface area contributed by atoms with Crippen molar-refractivity contribution in [1.82, 2.24) is 9.78 Å². The third kappa shape index (κ3) is 2.71. The number of benzene rings is 2. The largest absolute Gasteiger partial charge is 0.268 e. The molecule has 3 rings (SSSR count). The molecule has 0 aliphatic heterocycles. The van der Waals surface area contributed by atoms with Gasteiger partial charge in [-0.05, 0) is 23.3 Å². The normalized spacial score (nSPS) is 10.6. The molecule has 0 fully saturated rings. The van der Waals surface area contributed by atoms with Crippen LogP contribution in [0.15, 0.2) is 67.0 Å². The van der Waals surface area contributed by atoms with Gasteiger partial charge in [-0.1, -0.05) is 42.5 Å². The van der Waals surface area contributed by atoms with Crippen molar-refractivity contribution in [3.8, 4) is 11.1 Å². The summed E-state index contributed by atoms with van der Waals surface area (Å²) in [5.74, 6) is -0.228. The maximum Gasteiger partial charge on any atom is 0.123 e. The van der Waals surface area contributed by atoms with E-state index in [2.05, 4.69) is 17.2 Å². The molecule has 19 heavy (non-hydrogen) atoms. The SMILES string of the molecule is Fc1cccc(-c2cnn(Cc3ccccc3)c2)c1. The summed E-state index contributed by atoms with van der Waals surface area (Å²) < 4.78 is 15.0. The van der Waals surface area contributed by atoms with E-state index in [-0.39, 0.29) is 5.82 Å². The average Bonchev–Trinajstić information content (AvgIpc) is 2.88. The summed E-state index contributed by atoms with van der Waals surface area (Å²) in [5, 5.41) is 4.31. The highest BCUT2D eigenvalue weighted by atomic mass is 19.1. The monoisotopic (exact) mass is 252 g/mol. The fourth-order valence-electron chi connectivity index (χ4n) is 2.04. The van der Waals surface area contributed by atoms with E-state index in [0.717, 1.165) is 17.7 Å². The lowest BCUT2D eigenvalue weighted by Crippen LogP contribution is -1.99. The molecule has 3 aromatic rings. The van der Waals surface area contributed by atoms with Crippen LogP contribution >= 0.6 is 0 Å². The van der Waals surface area contributed by atoms with Gasteiger partial charge in [0.2, 0.25) is 0 Å². The van der Waals surface area contributed by atoms with Crippen molar-refractivity contribution in [2.24, 2.45) is 0 Å². The molecule has 0 spiro atoms. The van der Waals surface area contributed by atoms with Crippen molar-refractivity contribution in [1.29, 1.82) is 0 Å². The van der Waals surface area contributed by atoms with Crippen LogP contribution in [0.4, 0.5) is 4.39 Å². The van der Waals surface area contributed by atoms with Crippen LogP contribution in [0.5, 0.6) is 0 Å². The van der Waals surface area contributed by atoms with E-state index in [4.69, 9.17) is 0 Å². The van der Waals surface area contributed by atoms with Crippen LogP contribution in [0.1, 0.15) is 5.56 Å². The highest BCUT2D eigenvalue weighted by Gasteiger charge is 2.03. The minimum atomic E-state index is -0.228. The molecule has 0 N–H and O–H groups in total. The number of hydrogen-bond donors (Lipinski definition) is 0. The molecule has 0 saturated carbocycles. The van der Waals surface area contributed by atoms with Gasteiger partial charge < -0.3 is 0 Å². The van der Waals surface area contributed by atoms with Crippen molar-refractivity contribution in [2.45, 2.75) is 6.54 Å². The van der Waals surface area contributed by atoms with Gasteiger partial charge in [0.1, 0.15) is 5.82 Å². The molecule has 0 radical (unpaired) electrons. The zero-order valence-electron chi connectivity index (χ0n) is 10.3. The van der Waals surface area contributed by atoms with E-state index in [1.807, 2.05) is 35.1 Å². The Morgan fingerprint density at radius 3 is 2.58 bits per heavy atom. The van der Waals surface area contributed by atoms with E-state index in [9.17, 15) is 4.39 Å². The quantitative estimate of drug-likeness (QED) is 0.694. The van der Waals surface area contributed by atoms with Crippen LogP contribution in [0.2, 0.25) is 0 Å². The molecular formula is C16H13FN2. The van der Waals surface area contributed by atoms with Crippen LogP contribution in [-0.4, -0.2) is 9.78 Å². The average molecular weight is 252 g/mol. The van der Waals surface area contributed by atoms with Gasteiger partial charge in [-0.25, -0.2) is 4.39 Å². The van der Waals surface area contributed by atoms with Crippen LogP contribution < -0.4 is 0 Å². The molecular weight excluding hydrogens is 239 g/mol. The Morgan fingerprint density at radius 1 is 0.947 bits per heavy atom. The van der Waals surface area contributed by atoms with Crippen LogP contribution in [0, 0.1) is 5.82 Å². The van der Waals surface area contributed by atoms with Crippen LogP contribution in [0.3, 0.4) is 0 Å². The summed E-state index contributed by atoms with van der Waals surface area (Å²) in [7, 11) is 0. The first kappa shape index (κ1) is 11.7. The number of hydrogen-bond acceptors (Lipinski definition) is 1. The molecule has 0 unspecified atom stereocenters. The topological polar surface area (TPSA) is 17.8 Å². The third-order valence-corrected chi connectivity index (χ3v) is 2.98.